The first-order valence-corrected chi connectivity index (χ1v) is 12.5. The van der Waals surface area contributed by atoms with E-state index < -0.39 is 6.04 Å². The Balaban J connectivity index is 1.62. The van der Waals surface area contributed by atoms with Gasteiger partial charge in [-0.1, -0.05) is 40.2 Å². The lowest BCUT2D eigenvalue weighted by atomic mass is 9.97. The van der Waals surface area contributed by atoms with Gasteiger partial charge in [0.25, 0.3) is 5.91 Å². The molecule has 1 atom stereocenters. The summed E-state index contributed by atoms with van der Waals surface area (Å²) in [5, 5.41) is 0.501. The Morgan fingerprint density at radius 2 is 1.75 bits per heavy atom. The fourth-order valence-electron chi connectivity index (χ4n) is 5.01. The second-order valence-electron chi connectivity index (χ2n) is 9.03. The number of halogens is 1. The molecular formula is C29H26BrNO5. The molecule has 0 bridgehead atoms. The lowest BCUT2D eigenvalue weighted by Crippen LogP contribution is -2.31. The zero-order valence-corrected chi connectivity index (χ0v) is 22.1. The molecule has 3 aromatic carbocycles. The van der Waals surface area contributed by atoms with E-state index in [1.807, 2.05) is 68.4 Å². The van der Waals surface area contributed by atoms with Gasteiger partial charge < -0.3 is 18.8 Å². The lowest BCUT2D eigenvalue weighted by molar-refractivity contribution is 0.0730. The second kappa shape index (κ2) is 9.47. The molecule has 1 aliphatic heterocycles. The van der Waals surface area contributed by atoms with E-state index in [4.69, 9.17) is 13.9 Å². The molecule has 7 heteroatoms. The van der Waals surface area contributed by atoms with Crippen LogP contribution in [0.4, 0.5) is 0 Å². The molecule has 36 heavy (non-hydrogen) atoms. The molecule has 0 fully saturated rings. The van der Waals surface area contributed by atoms with Gasteiger partial charge in [0.15, 0.2) is 16.9 Å². The average Bonchev–Trinajstić information content (AvgIpc) is 3.15. The molecule has 4 aromatic rings. The van der Waals surface area contributed by atoms with Crippen molar-refractivity contribution in [1.82, 2.24) is 4.90 Å². The van der Waals surface area contributed by atoms with Gasteiger partial charge in [-0.05, 0) is 72.9 Å². The third-order valence-electron chi connectivity index (χ3n) is 6.65. The summed E-state index contributed by atoms with van der Waals surface area (Å²) in [6, 6.07) is 16.7. The predicted molar refractivity (Wildman–Crippen MR) is 142 cm³/mol. The summed E-state index contributed by atoms with van der Waals surface area (Å²) in [5.41, 5.74) is 4.34. The molecule has 1 amide bonds. The lowest BCUT2D eigenvalue weighted by Gasteiger charge is -2.25. The van der Waals surface area contributed by atoms with Crippen LogP contribution in [-0.2, 0) is 6.42 Å². The van der Waals surface area contributed by atoms with E-state index >= 15 is 0 Å². The van der Waals surface area contributed by atoms with Gasteiger partial charge in [-0.15, -0.1) is 0 Å². The van der Waals surface area contributed by atoms with Crippen LogP contribution in [0.3, 0.4) is 0 Å². The molecule has 1 aromatic heterocycles. The fourth-order valence-corrected chi connectivity index (χ4v) is 5.43. The van der Waals surface area contributed by atoms with Crippen LogP contribution >= 0.6 is 15.9 Å². The van der Waals surface area contributed by atoms with E-state index in [2.05, 4.69) is 15.9 Å². The molecule has 5 rings (SSSR count). The molecule has 184 valence electrons. The van der Waals surface area contributed by atoms with Crippen molar-refractivity contribution in [1.29, 1.82) is 0 Å². The summed E-state index contributed by atoms with van der Waals surface area (Å²) in [4.78, 5) is 29.3. The van der Waals surface area contributed by atoms with Crippen LogP contribution in [0.25, 0.3) is 11.0 Å². The van der Waals surface area contributed by atoms with Gasteiger partial charge in [-0.3, -0.25) is 9.59 Å². The van der Waals surface area contributed by atoms with E-state index in [-0.39, 0.29) is 17.1 Å². The number of carbonyl (C=O) groups is 1. The summed E-state index contributed by atoms with van der Waals surface area (Å²) in [6.07, 6.45) is 0.566. The SMILES string of the molecule is COc1ccc(CCN2C(=O)c3oc4c(C)cc(C)cc4c(=O)c3C2c2cccc(Br)c2)cc1OC. The first-order valence-electron chi connectivity index (χ1n) is 11.7. The standard InChI is InChI=1S/C29H26BrNO5/c1-16-12-17(2)27-21(13-16)26(32)24-25(19-6-5-7-20(30)15-19)31(29(33)28(24)36-27)11-10-18-8-9-22(34-3)23(14-18)35-4/h5-9,12-15,25H,10-11H2,1-4H3. The molecule has 0 N–H and O–H groups in total. The maximum atomic E-state index is 13.8. The van der Waals surface area contributed by atoms with E-state index in [0.717, 1.165) is 26.7 Å². The molecule has 0 aliphatic carbocycles. The fraction of sp³-hybridized carbons (Fsp3) is 0.241. The number of amides is 1. The van der Waals surface area contributed by atoms with E-state index in [1.54, 1.807) is 19.1 Å². The average molecular weight is 548 g/mol. The summed E-state index contributed by atoms with van der Waals surface area (Å²) >= 11 is 3.54. The van der Waals surface area contributed by atoms with Crippen molar-refractivity contribution in [3.05, 3.63) is 103 Å². The molecule has 1 aliphatic rings. The van der Waals surface area contributed by atoms with Crippen LogP contribution in [0.5, 0.6) is 11.5 Å². The number of aryl methyl sites for hydroxylation is 2. The molecule has 0 spiro atoms. The highest BCUT2D eigenvalue weighted by molar-refractivity contribution is 9.10. The number of methoxy groups -OCH3 is 2. The van der Waals surface area contributed by atoms with Crippen LogP contribution < -0.4 is 14.9 Å². The molecule has 0 saturated heterocycles. The summed E-state index contributed by atoms with van der Waals surface area (Å²) in [5.74, 6) is 1.11. The monoisotopic (exact) mass is 547 g/mol. The van der Waals surface area contributed by atoms with Crippen molar-refractivity contribution in [2.45, 2.75) is 26.3 Å². The third kappa shape index (κ3) is 4.07. The number of nitrogens with zero attached hydrogens (tertiary/aromatic N) is 1. The number of rotatable bonds is 6. The second-order valence-corrected chi connectivity index (χ2v) is 9.94. The minimum absolute atomic E-state index is 0.122. The van der Waals surface area contributed by atoms with E-state index in [0.29, 0.717) is 41.0 Å². The Bertz CT molecular complexity index is 1560. The van der Waals surface area contributed by atoms with Crippen molar-refractivity contribution < 1.29 is 18.7 Å². The molecule has 0 radical (unpaired) electrons. The Morgan fingerprint density at radius 3 is 2.47 bits per heavy atom. The van der Waals surface area contributed by atoms with Gasteiger partial charge in [0.2, 0.25) is 5.76 Å². The van der Waals surface area contributed by atoms with Crippen LogP contribution in [0, 0.1) is 13.8 Å². The molecular weight excluding hydrogens is 522 g/mol. The minimum Gasteiger partial charge on any atom is -0.493 e. The quantitative estimate of drug-likeness (QED) is 0.297. The Kier molecular flexibility index (Phi) is 6.35. The van der Waals surface area contributed by atoms with Gasteiger partial charge in [0.05, 0.1) is 31.2 Å². The number of hydrogen-bond donors (Lipinski definition) is 0. The van der Waals surface area contributed by atoms with Gasteiger partial charge in [0.1, 0.15) is 5.58 Å². The highest BCUT2D eigenvalue weighted by Crippen LogP contribution is 2.39. The summed E-state index contributed by atoms with van der Waals surface area (Å²) < 4.78 is 17.8. The smallest absolute Gasteiger partial charge is 0.290 e. The molecule has 0 saturated carbocycles. The van der Waals surface area contributed by atoms with E-state index in [9.17, 15) is 9.59 Å². The van der Waals surface area contributed by atoms with Crippen LogP contribution in [-0.4, -0.2) is 31.6 Å². The zero-order valence-electron chi connectivity index (χ0n) is 20.6. The zero-order chi connectivity index (χ0) is 25.6. The summed E-state index contributed by atoms with van der Waals surface area (Å²) in [7, 11) is 3.19. The number of ether oxygens (including phenoxy) is 2. The van der Waals surface area contributed by atoms with Crippen LogP contribution in [0.1, 0.15) is 44.4 Å². The first kappa shape index (κ1) is 24.1. The largest absolute Gasteiger partial charge is 0.493 e. The van der Waals surface area contributed by atoms with Crippen molar-refractivity contribution in [2.75, 3.05) is 20.8 Å². The molecule has 2 heterocycles. The third-order valence-corrected chi connectivity index (χ3v) is 7.14. The maximum absolute atomic E-state index is 13.8. The number of fused-ring (bicyclic) bond motifs is 2. The topological polar surface area (TPSA) is 69.0 Å². The number of carbonyl (C=O) groups excluding carboxylic acids is 1. The molecule has 6 nitrogen and oxygen atoms in total. The Labute approximate surface area is 217 Å². The minimum atomic E-state index is -0.549. The van der Waals surface area contributed by atoms with Crippen molar-refractivity contribution in [3.63, 3.8) is 0 Å². The first-order chi connectivity index (χ1) is 17.3. The highest BCUT2D eigenvalue weighted by atomic mass is 79.9. The Hall–Kier alpha value is -3.58. The van der Waals surface area contributed by atoms with Gasteiger partial charge in [0, 0.05) is 11.0 Å². The molecule has 1 unspecified atom stereocenters. The van der Waals surface area contributed by atoms with E-state index in [1.165, 1.54) is 0 Å². The van der Waals surface area contributed by atoms with Crippen LogP contribution in [0.2, 0.25) is 0 Å². The van der Waals surface area contributed by atoms with Crippen LogP contribution in [0.15, 0.2) is 68.3 Å². The van der Waals surface area contributed by atoms with Crippen molar-refractivity contribution in [2.24, 2.45) is 0 Å². The number of hydrogen-bond acceptors (Lipinski definition) is 5. The summed E-state index contributed by atoms with van der Waals surface area (Å²) in [6.45, 7) is 4.24. The predicted octanol–water partition coefficient (Wildman–Crippen LogP) is 5.98. The number of benzene rings is 3. The maximum Gasteiger partial charge on any atom is 0.290 e. The highest BCUT2D eigenvalue weighted by Gasteiger charge is 2.42. The Morgan fingerprint density at radius 1 is 0.972 bits per heavy atom. The van der Waals surface area contributed by atoms with Gasteiger partial charge in [-0.25, -0.2) is 0 Å². The normalized spacial score (nSPS) is 14.9. The van der Waals surface area contributed by atoms with Gasteiger partial charge >= 0.3 is 0 Å². The van der Waals surface area contributed by atoms with Crippen molar-refractivity contribution >= 4 is 32.8 Å². The van der Waals surface area contributed by atoms with Gasteiger partial charge in [-0.2, -0.15) is 0 Å². The van der Waals surface area contributed by atoms with Crippen molar-refractivity contribution in [3.8, 4) is 11.5 Å².